The van der Waals surface area contributed by atoms with Crippen LogP contribution in [0.1, 0.15) is 11.6 Å². The molecule has 1 heterocycles. The highest BCUT2D eigenvalue weighted by Crippen LogP contribution is 2.36. The van der Waals surface area contributed by atoms with Gasteiger partial charge in [-0.2, -0.15) is 0 Å². The standard InChI is InChI=1S/C10H10Cl2N2O/c1-14-9(8(13)10(14)15)6-3-2-5(11)4-7(6)12/h2-4,8-9H,13H2,1H3/t8-,9+/m1/s1. The van der Waals surface area contributed by atoms with E-state index in [1.54, 1.807) is 30.1 Å². The second-order valence-electron chi connectivity index (χ2n) is 3.59. The van der Waals surface area contributed by atoms with Crippen molar-refractivity contribution >= 4 is 29.1 Å². The minimum Gasteiger partial charge on any atom is -0.335 e. The number of hydrogen-bond donors (Lipinski definition) is 1. The highest BCUT2D eigenvalue weighted by molar-refractivity contribution is 6.35. The summed E-state index contributed by atoms with van der Waals surface area (Å²) in [6, 6.07) is 4.57. The number of nitrogens with two attached hydrogens (primary N) is 1. The lowest BCUT2D eigenvalue weighted by atomic mass is 9.90. The van der Waals surface area contributed by atoms with Crippen LogP contribution in [0.25, 0.3) is 0 Å². The van der Waals surface area contributed by atoms with Crippen molar-refractivity contribution < 1.29 is 4.79 Å². The Balaban J connectivity index is 2.35. The molecule has 2 rings (SSSR count). The van der Waals surface area contributed by atoms with Crippen LogP contribution >= 0.6 is 23.2 Å². The van der Waals surface area contributed by atoms with Crippen molar-refractivity contribution in [2.75, 3.05) is 7.05 Å². The summed E-state index contributed by atoms with van der Waals surface area (Å²) in [6.45, 7) is 0. The molecule has 0 radical (unpaired) electrons. The van der Waals surface area contributed by atoms with Crippen LogP contribution in [0, 0.1) is 0 Å². The van der Waals surface area contributed by atoms with E-state index in [1.165, 1.54) is 0 Å². The number of nitrogens with zero attached hydrogens (tertiary/aromatic N) is 1. The maximum Gasteiger partial charge on any atom is 0.242 e. The summed E-state index contributed by atoms with van der Waals surface area (Å²) < 4.78 is 0. The second-order valence-corrected chi connectivity index (χ2v) is 4.43. The average molecular weight is 245 g/mol. The van der Waals surface area contributed by atoms with Crippen molar-refractivity contribution in [2.45, 2.75) is 12.1 Å². The number of likely N-dealkylation sites (tertiary alicyclic amines) is 1. The summed E-state index contributed by atoms with van der Waals surface area (Å²) in [5, 5.41) is 1.12. The Bertz CT molecular complexity index is 410. The zero-order valence-corrected chi connectivity index (χ0v) is 9.59. The van der Waals surface area contributed by atoms with E-state index in [-0.39, 0.29) is 11.9 Å². The topological polar surface area (TPSA) is 46.3 Å². The fourth-order valence-corrected chi connectivity index (χ4v) is 2.33. The maximum atomic E-state index is 11.3. The van der Waals surface area contributed by atoms with Gasteiger partial charge in [0.2, 0.25) is 5.91 Å². The summed E-state index contributed by atoms with van der Waals surface area (Å²) in [5.74, 6) is -0.0639. The van der Waals surface area contributed by atoms with E-state index in [1.807, 2.05) is 0 Å². The number of hydrogen-bond acceptors (Lipinski definition) is 2. The number of benzene rings is 1. The van der Waals surface area contributed by atoms with Crippen molar-refractivity contribution in [2.24, 2.45) is 5.73 Å². The monoisotopic (exact) mass is 244 g/mol. The zero-order valence-electron chi connectivity index (χ0n) is 8.08. The van der Waals surface area contributed by atoms with Gasteiger partial charge in [0.15, 0.2) is 0 Å². The lowest BCUT2D eigenvalue weighted by Crippen LogP contribution is -2.61. The fraction of sp³-hybridized carbons (Fsp3) is 0.300. The molecule has 1 aromatic carbocycles. The number of carbonyl (C=O) groups is 1. The summed E-state index contributed by atoms with van der Waals surface area (Å²) >= 11 is 11.8. The van der Waals surface area contributed by atoms with Gasteiger partial charge < -0.3 is 10.6 Å². The van der Waals surface area contributed by atoms with Crippen LogP contribution in [0.5, 0.6) is 0 Å². The normalized spacial score (nSPS) is 25.3. The third kappa shape index (κ3) is 1.61. The van der Waals surface area contributed by atoms with Crippen LogP contribution < -0.4 is 5.73 Å². The Hall–Kier alpha value is -0.770. The van der Waals surface area contributed by atoms with Crippen molar-refractivity contribution in [3.8, 4) is 0 Å². The number of amides is 1. The minimum atomic E-state index is -0.492. The van der Waals surface area contributed by atoms with Gasteiger partial charge in [0.05, 0.1) is 6.04 Å². The summed E-state index contributed by atoms with van der Waals surface area (Å²) in [7, 11) is 1.71. The highest BCUT2D eigenvalue weighted by Gasteiger charge is 2.43. The van der Waals surface area contributed by atoms with Crippen molar-refractivity contribution in [3.63, 3.8) is 0 Å². The Labute approximate surface area is 97.8 Å². The fourth-order valence-electron chi connectivity index (χ4n) is 1.81. The third-order valence-electron chi connectivity index (χ3n) is 2.67. The molecule has 1 aromatic rings. The Morgan fingerprint density at radius 3 is 2.60 bits per heavy atom. The third-order valence-corrected chi connectivity index (χ3v) is 3.23. The molecule has 0 bridgehead atoms. The first-order chi connectivity index (χ1) is 7.02. The van der Waals surface area contributed by atoms with Gasteiger partial charge >= 0.3 is 0 Å². The number of halogens is 2. The van der Waals surface area contributed by atoms with Crippen molar-refractivity contribution in [1.82, 2.24) is 4.90 Å². The molecule has 15 heavy (non-hydrogen) atoms. The summed E-state index contributed by atoms with van der Waals surface area (Å²) in [5.41, 5.74) is 6.56. The summed E-state index contributed by atoms with van der Waals surface area (Å²) in [4.78, 5) is 12.8. The van der Waals surface area contributed by atoms with Crippen LogP contribution in [0.4, 0.5) is 0 Å². The van der Waals surface area contributed by atoms with E-state index in [2.05, 4.69) is 0 Å². The molecule has 2 atom stereocenters. The largest absolute Gasteiger partial charge is 0.335 e. The number of β-lactam (4-membered cyclic amide) rings is 1. The molecule has 80 valence electrons. The molecule has 2 N–H and O–H groups in total. The Kier molecular flexibility index (Phi) is 2.63. The molecule has 5 heteroatoms. The molecule has 1 fully saturated rings. The van der Waals surface area contributed by atoms with E-state index >= 15 is 0 Å². The SMILES string of the molecule is CN1C(=O)[C@H](N)[C@@H]1c1ccc(Cl)cc1Cl. The molecule has 0 unspecified atom stereocenters. The maximum absolute atomic E-state index is 11.3. The molecular weight excluding hydrogens is 235 g/mol. The van der Waals surface area contributed by atoms with Crippen molar-refractivity contribution in [3.05, 3.63) is 33.8 Å². The van der Waals surface area contributed by atoms with Crippen LogP contribution in [-0.2, 0) is 4.79 Å². The number of rotatable bonds is 1. The lowest BCUT2D eigenvalue weighted by Gasteiger charge is -2.43. The van der Waals surface area contributed by atoms with E-state index < -0.39 is 6.04 Å². The number of carbonyl (C=O) groups excluding carboxylic acids is 1. The van der Waals surface area contributed by atoms with Gasteiger partial charge in [-0.05, 0) is 17.7 Å². The smallest absolute Gasteiger partial charge is 0.242 e. The highest BCUT2D eigenvalue weighted by atomic mass is 35.5. The quantitative estimate of drug-likeness (QED) is 0.767. The van der Waals surface area contributed by atoms with Crippen LogP contribution in [-0.4, -0.2) is 23.9 Å². The van der Waals surface area contributed by atoms with E-state index in [9.17, 15) is 4.79 Å². The van der Waals surface area contributed by atoms with Gasteiger partial charge in [-0.1, -0.05) is 29.3 Å². The van der Waals surface area contributed by atoms with Gasteiger partial charge in [-0.25, -0.2) is 0 Å². The van der Waals surface area contributed by atoms with Gasteiger partial charge in [-0.3, -0.25) is 4.79 Å². The molecule has 1 saturated heterocycles. The molecule has 1 aliphatic heterocycles. The summed E-state index contributed by atoms with van der Waals surface area (Å²) in [6.07, 6.45) is 0. The molecule has 0 spiro atoms. The zero-order chi connectivity index (χ0) is 11.2. The second kappa shape index (κ2) is 3.67. The molecular formula is C10H10Cl2N2O. The van der Waals surface area contributed by atoms with Crippen LogP contribution in [0.3, 0.4) is 0 Å². The molecule has 3 nitrogen and oxygen atoms in total. The first-order valence-electron chi connectivity index (χ1n) is 4.49. The first kappa shape index (κ1) is 10.7. The molecule has 0 saturated carbocycles. The number of likely N-dealkylation sites (N-methyl/N-ethyl adjacent to an activating group) is 1. The minimum absolute atomic E-state index is 0.0639. The predicted octanol–water partition coefficient (Wildman–Crippen LogP) is 1.83. The average Bonchev–Trinajstić information content (AvgIpc) is 2.21. The van der Waals surface area contributed by atoms with Gasteiger partial charge in [0, 0.05) is 17.1 Å². The molecule has 0 aliphatic carbocycles. The van der Waals surface area contributed by atoms with Crippen LogP contribution in [0.2, 0.25) is 10.0 Å². The Morgan fingerprint density at radius 2 is 2.07 bits per heavy atom. The van der Waals surface area contributed by atoms with Gasteiger partial charge in [0.1, 0.15) is 6.04 Å². The van der Waals surface area contributed by atoms with E-state index in [0.717, 1.165) is 5.56 Å². The lowest BCUT2D eigenvalue weighted by molar-refractivity contribution is -0.146. The van der Waals surface area contributed by atoms with Crippen LogP contribution in [0.15, 0.2) is 18.2 Å². The molecule has 1 amide bonds. The Morgan fingerprint density at radius 1 is 1.40 bits per heavy atom. The van der Waals surface area contributed by atoms with E-state index in [4.69, 9.17) is 28.9 Å². The first-order valence-corrected chi connectivity index (χ1v) is 5.25. The van der Waals surface area contributed by atoms with E-state index in [0.29, 0.717) is 10.0 Å². The van der Waals surface area contributed by atoms with Gasteiger partial charge in [-0.15, -0.1) is 0 Å². The predicted molar refractivity (Wildman–Crippen MR) is 59.9 cm³/mol. The molecule has 0 aromatic heterocycles. The molecule has 1 aliphatic rings. The van der Waals surface area contributed by atoms with Crippen molar-refractivity contribution in [1.29, 1.82) is 0 Å². The van der Waals surface area contributed by atoms with Gasteiger partial charge in [0.25, 0.3) is 0 Å².